The molecule has 0 aromatic heterocycles. The van der Waals surface area contributed by atoms with Crippen LogP contribution in [0, 0.1) is 0 Å². The Morgan fingerprint density at radius 3 is 1.38 bits per heavy atom. The van der Waals surface area contributed by atoms with Crippen molar-refractivity contribution in [3.05, 3.63) is 20.4 Å². The molecule has 88 heavy (non-hydrogen) atoms. The molecule has 8 rings (SSSR count). The van der Waals surface area contributed by atoms with Gasteiger partial charge in [-0.15, -0.1) is 0 Å². The standard InChI is InChI=1S/C48H74N2O38/c1-10(54)75-9-16-21(59)28(66)38(86-45-32(70)27(65)29(67)37(85-45)41(72)73)46(81-16)83-35-23(61)15(6-53)80-48(40(35)88-43-31(69)20(58)12(56)8-77-43)84-36-24(62)14(5-52)79-47(39(36)87-42-30(68)19(57)11(55)7-76-42)82-34-22(60)13(4-51)78-44(33(34)71)74-3-2-50-18-17(49)25(63)26(18)64/h11-16,19-24,27-40,42-48,50-53,55-62,65-71H,2-9,49H2,1H3,(H,72,73)/t11-,12-,13-,14-,15-,16-,19+,20+,21-,22-,23-,24-,27+,28+,29+,30-,31-,32-,33+,34+,35+,36+,37+,38+,39+,40+,42+,43+,44+,45+,46-,47-,48-/m1/s1. The van der Waals surface area contributed by atoms with Crippen molar-refractivity contribution in [1.29, 1.82) is 0 Å². The monoisotopic (exact) mass is 1290 g/mol. The van der Waals surface area contributed by atoms with Crippen LogP contribution < -0.4 is 21.9 Å². The molecule has 7 fully saturated rings. The van der Waals surface area contributed by atoms with Crippen molar-refractivity contribution in [3.63, 3.8) is 0 Å². The maximum absolute atomic E-state index is 12.1. The molecule has 40 heteroatoms. The number of aliphatic hydroxyl groups excluding tert-OH is 18. The number of carbonyl (C=O) groups excluding carboxylic acids is 1. The Bertz CT molecular complexity index is 2500. The van der Waals surface area contributed by atoms with Gasteiger partial charge in [0.2, 0.25) is 0 Å². The number of anilines is 2. The Morgan fingerprint density at radius 1 is 0.466 bits per heavy atom. The molecule has 0 saturated carbocycles. The first kappa shape index (κ1) is 70.2. The highest BCUT2D eigenvalue weighted by atomic mass is 16.8. The number of carboxylic acids is 1. The van der Waals surface area contributed by atoms with Crippen LogP contribution in [0.1, 0.15) is 6.92 Å². The van der Waals surface area contributed by atoms with E-state index < -0.39 is 272 Å². The molecule has 40 nitrogen and oxygen atoms in total. The number of hydrogen-bond donors (Lipinski definition) is 21. The molecule has 0 unspecified atom stereocenters. The molecule has 33 atom stereocenters. The molecule has 0 aliphatic carbocycles. The number of aliphatic carboxylic acids is 1. The lowest BCUT2D eigenvalue weighted by atomic mass is 9.94. The van der Waals surface area contributed by atoms with Crippen molar-refractivity contribution in [1.82, 2.24) is 0 Å². The van der Waals surface area contributed by atoms with Crippen LogP contribution in [-0.2, 0) is 80.6 Å². The Labute approximate surface area is 494 Å². The van der Waals surface area contributed by atoms with Gasteiger partial charge >= 0.3 is 11.9 Å². The summed E-state index contributed by atoms with van der Waals surface area (Å²) in [4.78, 5) is 47.6. The number of carboxylic acid groups (broad SMARTS) is 1. The van der Waals surface area contributed by atoms with E-state index in [9.17, 15) is 116 Å². The lowest BCUT2D eigenvalue weighted by Crippen LogP contribution is -2.70. The van der Waals surface area contributed by atoms with Crippen molar-refractivity contribution < 1.29 is 178 Å². The van der Waals surface area contributed by atoms with Crippen molar-refractivity contribution in [2.45, 2.75) is 210 Å². The van der Waals surface area contributed by atoms with Gasteiger partial charge in [-0.3, -0.25) is 14.4 Å². The second-order valence-corrected chi connectivity index (χ2v) is 21.5. The van der Waals surface area contributed by atoms with E-state index in [1.165, 1.54) is 0 Å². The van der Waals surface area contributed by atoms with Gasteiger partial charge in [0.15, 0.2) is 50.1 Å². The summed E-state index contributed by atoms with van der Waals surface area (Å²) in [6, 6.07) is 0. The normalized spacial score (nSPS) is 46.9. The lowest BCUT2D eigenvalue weighted by Gasteiger charge is -2.52. The summed E-state index contributed by atoms with van der Waals surface area (Å²) in [5.74, 6) is -2.86. The van der Waals surface area contributed by atoms with Crippen LogP contribution in [0.2, 0.25) is 0 Å². The molecule has 7 aliphatic heterocycles. The zero-order valence-electron chi connectivity index (χ0n) is 46.0. The number of nitrogens with one attached hydrogen (secondary N) is 1. The third-order valence-electron chi connectivity index (χ3n) is 15.6. The number of nitrogen functional groups attached to an aromatic ring is 1. The Morgan fingerprint density at radius 2 is 0.898 bits per heavy atom. The molecule has 0 bridgehead atoms. The molecule has 1 aromatic carbocycles. The Hall–Kier alpha value is -3.66. The average molecular weight is 1290 g/mol. The van der Waals surface area contributed by atoms with Gasteiger partial charge < -0.3 is 179 Å². The summed E-state index contributed by atoms with van der Waals surface area (Å²) < 4.78 is 87.0. The zero-order valence-corrected chi connectivity index (χ0v) is 46.0. The average Bonchev–Trinajstić information content (AvgIpc) is 0.919. The van der Waals surface area contributed by atoms with E-state index in [2.05, 4.69) is 5.32 Å². The minimum atomic E-state index is -2.42. The number of rotatable bonds is 23. The van der Waals surface area contributed by atoms with Gasteiger partial charge in [-0.25, -0.2) is 4.79 Å². The van der Waals surface area contributed by atoms with Crippen LogP contribution in [0.15, 0.2) is 9.59 Å². The molecule has 7 heterocycles. The number of esters is 1. The fourth-order valence-electron chi connectivity index (χ4n) is 10.6. The van der Waals surface area contributed by atoms with E-state index in [0.29, 0.717) is 0 Å². The number of hydrogen-bond acceptors (Lipinski definition) is 39. The van der Waals surface area contributed by atoms with Crippen molar-refractivity contribution in [3.8, 4) is 0 Å². The quantitative estimate of drug-likeness (QED) is 0.0275. The van der Waals surface area contributed by atoms with Crippen molar-refractivity contribution >= 4 is 23.3 Å². The maximum Gasteiger partial charge on any atom is 0.335 e. The van der Waals surface area contributed by atoms with Gasteiger partial charge in [-0.2, -0.15) is 0 Å². The first-order valence-electron chi connectivity index (χ1n) is 27.4. The van der Waals surface area contributed by atoms with Crippen molar-refractivity contribution in [2.75, 3.05) is 63.8 Å². The smallest absolute Gasteiger partial charge is 0.335 e. The minimum Gasteiger partial charge on any atom is -0.479 e. The van der Waals surface area contributed by atoms with Gasteiger partial charge in [0, 0.05) is 13.5 Å². The molecular formula is C48H74N2O38. The number of nitrogens with two attached hydrogens (primary N) is 1. The second kappa shape index (κ2) is 30.0. The largest absolute Gasteiger partial charge is 0.479 e. The van der Waals surface area contributed by atoms with Crippen molar-refractivity contribution in [2.24, 2.45) is 0 Å². The fourth-order valence-corrected chi connectivity index (χ4v) is 10.6. The van der Waals surface area contributed by atoms with Crippen LogP contribution in [0.3, 0.4) is 0 Å². The van der Waals surface area contributed by atoms with E-state index in [1.54, 1.807) is 0 Å². The van der Waals surface area contributed by atoms with Gasteiger partial charge in [-0.05, 0) is 0 Å². The Balaban J connectivity index is 1.17. The number of aliphatic hydroxyl groups is 18. The van der Waals surface area contributed by atoms with Gasteiger partial charge in [0.05, 0.1) is 39.6 Å². The second-order valence-electron chi connectivity index (χ2n) is 21.5. The minimum absolute atomic E-state index is 0.226. The number of ether oxygens (including phenoxy) is 15. The van der Waals surface area contributed by atoms with E-state index in [0.717, 1.165) is 6.92 Å². The lowest BCUT2D eigenvalue weighted by molar-refractivity contribution is -0.420. The van der Waals surface area contributed by atoms with Crippen LogP contribution in [0.25, 0.3) is 0 Å². The first-order valence-corrected chi connectivity index (χ1v) is 27.4. The van der Waals surface area contributed by atoms with Crippen LogP contribution >= 0.6 is 0 Å². The molecular weight excluding hydrogens is 1210 g/mol. The molecule has 0 spiro atoms. The maximum atomic E-state index is 12.1. The zero-order chi connectivity index (χ0) is 64.5. The third kappa shape index (κ3) is 14.7. The fraction of sp³-hybridized carbons (Fsp3) is 0.875. The third-order valence-corrected chi connectivity index (χ3v) is 15.6. The van der Waals surface area contributed by atoms with Gasteiger partial charge in [-0.1, -0.05) is 0 Å². The predicted molar refractivity (Wildman–Crippen MR) is 268 cm³/mol. The molecule has 7 saturated heterocycles. The molecule has 504 valence electrons. The van der Waals surface area contributed by atoms with Gasteiger partial charge in [0.1, 0.15) is 171 Å². The molecule has 0 radical (unpaired) electrons. The van der Waals surface area contributed by atoms with E-state index in [1.807, 2.05) is 0 Å². The summed E-state index contributed by atoms with van der Waals surface area (Å²) in [7, 11) is 0. The molecule has 1 aromatic rings. The summed E-state index contributed by atoms with van der Waals surface area (Å²) in [5, 5.41) is 211. The SMILES string of the molecule is CC(=O)OC[C@H]1O[C@H](O[C@H]2[C@H](O)[C@@H](CO)O[C@H](O[C@H]3[C@H](O)[C@@H](CO)O[C@H](O[C@@H]4[C@H](O)[C@@H](OCCNc5c(N)c(=O)c5=O)O[C@H](CO)[C@H]4O)[C@H]3O[C@@H]3OC[C@@H](O)[C@H](O)[C@H]3O)[C@H]2O[C@@H]2OC[C@@H](O)[C@H](O)[C@H]2O)[C@@H](O[C@@H]2O[C@H](C(=O)O)[C@@H](O)[C@H](O)[C@H]2O)[C@@H](O)[C@@H]1O. The topological polar surface area (TPSA) is 629 Å². The Kier molecular flexibility index (Phi) is 23.9. The van der Waals surface area contributed by atoms with Crippen LogP contribution in [-0.4, -0.2) is 364 Å². The summed E-state index contributed by atoms with van der Waals surface area (Å²) >= 11 is 0. The molecule has 7 aliphatic rings. The van der Waals surface area contributed by atoms with Crippen LogP contribution in [0.5, 0.6) is 0 Å². The number of carbonyl (C=O) groups is 2. The first-order chi connectivity index (χ1) is 41.6. The highest BCUT2D eigenvalue weighted by Gasteiger charge is 2.60. The summed E-state index contributed by atoms with van der Waals surface area (Å²) in [5.41, 5.74) is 3.12. The molecule has 22 N–H and O–H groups in total. The summed E-state index contributed by atoms with van der Waals surface area (Å²) in [6.45, 7) is -5.61. The van der Waals surface area contributed by atoms with Crippen LogP contribution in [0.4, 0.5) is 11.4 Å². The van der Waals surface area contributed by atoms with E-state index >= 15 is 0 Å². The predicted octanol–water partition coefficient (Wildman–Crippen LogP) is -15.0. The van der Waals surface area contributed by atoms with Gasteiger partial charge in [0.25, 0.3) is 10.9 Å². The van der Waals surface area contributed by atoms with E-state index in [-0.39, 0.29) is 17.9 Å². The highest BCUT2D eigenvalue weighted by molar-refractivity contribution is 5.73. The molecule has 0 amide bonds. The highest BCUT2D eigenvalue weighted by Crippen LogP contribution is 2.40. The van der Waals surface area contributed by atoms with E-state index in [4.69, 9.17) is 76.8 Å². The summed E-state index contributed by atoms with van der Waals surface area (Å²) in [6.07, 6.45) is -71.4.